The number of guanidine groups is 1. The first-order chi connectivity index (χ1) is 10.0. The lowest BCUT2D eigenvalue weighted by molar-refractivity contribution is -0.135. The highest BCUT2D eigenvalue weighted by molar-refractivity contribution is 5.79. The Morgan fingerprint density at radius 1 is 1.29 bits per heavy atom. The fourth-order valence-corrected chi connectivity index (χ4v) is 1.73. The van der Waals surface area contributed by atoms with Crippen LogP contribution < -0.4 is 10.6 Å². The summed E-state index contributed by atoms with van der Waals surface area (Å²) in [6.07, 6.45) is -1.94. The molecule has 21 heavy (non-hydrogen) atoms. The second kappa shape index (κ2) is 9.31. The summed E-state index contributed by atoms with van der Waals surface area (Å²) < 4.78 is 41.2. The maximum absolute atomic E-state index is 12.0. The van der Waals surface area contributed by atoms with Gasteiger partial charge in [-0.25, -0.2) is 0 Å². The average Bonchev–Trinajstić information content (AvgIpc) is 2.90. The van der Waals surface area contributed by atoms with Crippen molar-refractivity contribution in [2.24, 2.45) is 4.99 Å². The number of furan rings is 1. The monoisotopic (exact) mass is 305 g/mol. The third kappa shape index (κ3) is 8.99. The van der Waals surface area contributed by atoms with Crippen LogP contribution in [0.5, 0.6) is 0 Å². The lowest BCUT2D eigenvalue weighted by Gasteiger charge is -2.10. The van der Waals surface area contributed by atoms with Crippen molar-refractivity contribution >= 4 is 5.96 Å². The fraction of sp³-hybridized carbons (Fsp3) is 0.643. The topological polar surface area (TPSA) is 49.6 Å². The van der Waals surface area contributed by atoms with Crippen molar-refractivity contribution in [3.05, 3.63) is 24.2 Å². The molecule has 0 aromatic carbocycles. The molecule has 0 saturated carbocycles. The van der Waals surface area contributed by atoms with E-state index in [1.165, 1.54) is 0 Å². The Balaban J connectivity index is 2.22. The molecular formula is C14H22F3N3O. The molecule has 0 atom stereocenters. The van der Waals surface area contributed by atoms with Crippen LogP contribution in [-0.2, 0) is 6.42 Å². The van der Waals surface area contributed by atoms with Crippen LogP contribution in [0, 0.1) is 0 Å². The number of halogens is 3. The number of rotatable bonds is 8. The summed E-state index contributed by atoms with van der Waals surface area (Å²) in [4.78, 5) is 4.25. The molecule has 120 valence electrons. The number of alkyl halides is 3. The molecule has 0 unspecified atom stereocenters. The van der Waals surface area contributed by atoms with Crippen molar-refractivity contribution in [3.8, 4) is 0 Å². The van der Waals surface area contributed by atoms with Crippen molar-refractivity contribution in [1.82, 2.24) is 10.6 Å². The van der Waals surface area contributed by atoms with Crippen molar-refractivity contribution < 1.29 is 17.6 Å². The van der Waals surface area contributed by atoms with Gasteiger partial charge in [-0.3, -0.25) is 4.99 Å². The SMILES string of the molecule is CCNC(=NCCCCC(F)(F)F)NCCc1ccco1. The Labute approximate surface area is 122 Å². The zero-order valence-corrected chi connectivity index (χ0v) is 12.2. The number of nitrogens with one attached hydrogen (secondary N) is 2. The van der Waals surface area contributed by atoms with Crippen LogP contribution in [-0.4, -0.2) is 31.8 Å². The van der Waals surface area contributed by atoms with Crippen molar-refractivity contribution in [3.63, 3.8) is 0 Å². The molecule has 0 spiro atoms. The molecule has 0 saturated heterocycles. The molecule has 2 N–H and O–H groups in total. The summed E-state index contributed by atoms with van der Waals surface area (Å²) in [5.41, 5.74) is 0. The van der Waals surface area contributed by atoms with Crippen LogP contribution in [0.3, 0.4) is 0 Å². The molecule has 0 aliphatic carbocycles. The van der Waals surface area contributed by atoms with Gasteiger partial charge in [0.1, 0.15) is 5.76 Å². The normalized spacial score (nSPS) is 12.5. The van der Waals surface area contributed by atoms with Gasteiger partial charge in [0.15, 0.2) is 5.96 Å². The molecule has 0 amide bonds. The highest BCUT2D eigenvalue weighted by Gasteiger charge is 2.25. The molecule has 0 bridgehead atoms. The summed E-state index contributed by atoms with van der Waals surface area (Å²) in [6, 6.07) is 3.72. The van der Waals surface area contributed by atoms with Gasteiger partial charge in [0.05, 0.1) is 6.26 Å². The van der Waals surface area contributed by atoms with Gasteiger partial charge in [0.2, 0.25) is 0 Å². The van der Waals surface area contributed by atoms with E-state index in [1.54, 1.807) is 6.26 Å². The summed E-state index contributed by atoms with van der Waals surface area (Å²) >= 11 is 0. The lowest BCUT2D eigenvalue weighted by atomic mass is 10.2. The van der Waals surface area contributed by atoms with Crippen LogP contribution in [0.2, 0.25) is 0 Å². The van der Waals surface area contributed by atoms with E-state index >= 15 is 0 Å². The quantitative estimate of drug-likeness (QED) is 0.441. The first-order valence-corrected chi connectivity index (χ1v) is 7.12. The molecule has 0 aliphatic rings. The summed E-state index contributed by atoms with van der Waals surface area (Å²) in [5, 5.41) is 6.18. The summed E-state index contributed by atoms with van der Waals surface area (Å²) in [6.45, 7) is 3.68. The molecule has 1 aromatic heterocycles. The van der Waals surface area contributed by atoms with E-state index in [2.05, 4.69) is 15.6 Å². The largest absolute Gasteiger partial charge is 0.469 e. The van der Waals surface area contributed by atoms with Gasteiger partial charge in [-0.15, -0.1) is 0 Å². The zero-order valence-electron chi connectivity index (χ0n) is 12.2. The molecule has 1 heterocycles. The van der Waals surface area contributed by atoms with E-state index < -0.39 is 12.6 Å². The molecule has 1 aromatic rings. The minimum Gasteiger partial charge on any atom is -0.469 e. The van der Waals surface area contributed by atoms with Crippen LogP contribution >= 0.6 is 0 Å². The summed E-state index contributed by atoms with van der Waals surface area (Å²) in [5.74, 6) is 1.50. The van der Waals surface area contributed by atoms with Crippen LogP contribution in [0.1, 0.15) is 31.9 Å². The third-order valence-electron chi connectivity index (χ3n) is 2.73. The van der Waals surface area contributed by atoms with Gasteiger partial charge in [0, 0.05) is 32.5 Å². The highest BCUT2D eigenvalue weighted by atomic mass is 19.4. The van der Waals surface area contributed by atoms with E-state index in [-0.39, 0.29) is 6.42 Å². The van der Waals surface area contributed by atoms with Gasteiger partial charge in [-0.1, -0.05) is 0 Å². The van der Waals surface area contributed by atoms with Crippen molar-refractivity contribution in [2.45, 2.75) is 38.8 Å². The first-order valence-electron chi connectivity index (χ1n) is 7.12. The number of hydrogen-bond acceptors (Lipinski definition) is 2. The van der Waals surface area contributed by atoms with E-state index in [9.17, 15) is 13.2 Å². The van der Waals surface area contributed by atoms with Crippen LogP contribution in [0.4, 0.5) is 13.2 Å². The molecule has 4 nitrogen and oxygen atoms in total. The van der Waals surface area contributed by atoms with E-state index in [1.807, 2.05) is 19.1 Å². The number of aliphatic imine (C=N–C) groups is 1. The highest BCUT2D eigenvalue weighted by Crippen LogP contribution is 2.21. The minimum atomic E-state index is -4.07. The van der Waals surface area contributed by atoms with Gasteiger partial charge in [-0.2, -0.15) is 13.2 Å². The van der Waals surface area contributed by atoms with Gasteiger partial charge < -0.3 is 15.1 Å². The van der Waals surface area contributed by atoms with Crippen LogP contribution in [0.25, 0.3) is 0 Å². The fourth-order valence-electron chi connectivity index (χ4n) is 1.73. The molecule has 0 fully saturated rings. The van der Waals surface area contributed by atoms with Gasteiger partial charge in [-0.05, 0) is 31.9 Å². The summed E-state index contributed by atoms with van der Waals surface area (Å²) in [7, 11) is 0. The van der Waals surface area contributed by atoms with Gasteiger partial charge >= 0.3 is 6.18 Å². The second-order valence-corrected chi connectivity index (χ2v) is 4.59. The number of nitrogens with zero attached hydrogens (tertiary/aromatic N) is 1. The lowest BCUT2D eigenvalue weighted by Crippen LogP contribution is -2.38. The Morgan fingerprint density at radius 2 is 2.10 bits per heavy atom. The van der Waals surface area contributed by atoms with Gasteiger partial charge in [0.25, 0.3) is 0 Å². The van der Waals surface area contributed by atoms with E-state index in [4.69, 9.17) is 4.42 Å². The molecular weight excluding hydrogens is 283 g/mol. The third-order valence-corrected chi connectivity index (χ3v) is 2.73. The maximum atomic E-state index is 12.0. The van der Waals surface area contributed by atoms with Crippen LogP contribution in [0.15, 0.2) is 27.8 Å². The molecule has 0 radical (unpaired) electrons. The number of unbranched alkanes of at least 4 members (excludes halogenated alkanes) is 1. The zero-order chi connectivity index (χ0) is 15.6. The Morgan fingerprint density at radius 3 is 2.71 bits per heavy atom. The molecule has 7 heteroatoms. The Bertz CT molecular complexity index is 402. The smallest absolute Gasteiger partial charge is 0.389 e. The Kier molecular flexibility index (Phi) is 7.71. The predicted octanol–water partition coefficient (Wildman–Crippen LogP) is 3.11. The maximum Gasteiger partial charge on any atom is 0.389 e. The standard InChI is InChI=1S/C14H22F3N3O/c1-2-18-13(19-9-4-3-8-14(15,16)17)20-10-7-12-6-5-11-21-12/h5-6,11H,2-4,7-10H2,1H3,(H2,18,19,20). The van der Waals surface area contributed by atoms with Crippen molar-refractivity contribution in [1.29, 1.82) is 0 Å². The predicted molar refractivity (Wildman–Crippen MR) is 76.3 cm³/mol. The Hall–Kier alpha value is -1.66. The minimum absolute atomic E-state index is 0.110. The molecule has 0 aliphatic heterocycles. The van der Waals surface area contributed by atoms with Crippen molar-refractivity contribution in [2.75, 3.05) is 19.6 Å². The first kappa shape index (κ1) is 17.4. The number of hydrogen-bond donors (Lipinski definition) is 2. The second-order valence-electron chi connectivity index (χ2n) is 4.59. The average molecular weight is 305 g/mol. The van der Waals surface area contributed by atoms with E-state index in [0.717, 1.165) is 12.2 Å². The molecule has 1 rings (SSSR count). The van der Waals surface area contributed by atoms with E-state index in [0.29, 0.717) is 32.0 Å².